The molecule has 0 fully saturated rings. The highest BCUT2D eigenvalue weighted by atomic mass is 79.9. The number of hydrogen-bond donors (Lipinski definition) is 2. The van der Waals surface area contributed by atoms with Gasteiger partial charge in [-0.25, -0.2) is 4.98 Å². The number of anilines is 1. The molecular weight excluding hydrogens is 280 g/mol. The van der Waals surface area contributed by atoms with Gasteiger partial charge in [0.1, 0.15) is 4.60 Å². The highest BCUT2D eigenvalue weighted by molar-refractivity contribution is 9.10. The monoisotopic (exact) mass is 288 g/mol. The largest absolute Gasteiger partial charge is 0.477 e. The number of pyridine rings is 1. The Bertz CT molecular complexity index is 400. The number of nitrogens with one attached hydrogen (secondary N) is 1. The summed E-state index contributed by atoms with van der Waals surface area (Å²) in [6, 6.07) is 3.55. The Balaban J connectivity index is 2.26. The molecule has 80 valence electrons. The van der Waals surface area contributed by atoms with Crippen molar-refractivity contribution < 1.29 is 9.53 Å². The van der Waals surface area contributed by atoms with Crippen LogP contribution in [0.25, 0.3) is 0 Å². The Hall–Kier alpha value is -0.750. The van der Waals surface area contributed by atoms with Gasteiger partial charge < -0.3 is 10.1 Å². The predicted octanol–water partition coefficient (Wildman–Crippen LogP) is 1.86. The quantitative estimate of drug-likeness (QED) is 0.645. The van der Waals surface area contributed by atoms with Crippen molar-refractivity contribution in [3.8, 4) is 5.75 Å². The second-order valence-corrected chi connectivity index (χ2v) is 4.35. The van der Waals surface area contributed by atoms with Crippen LogP contribution >= 0.6 is 28.6 Å². The number of amides is 1. The average Bonchev–Trinajstić information content (AvgIpc) is 2.20. The molecule has 1 aliphatic rings. The number of fused-ring (bicyclic) bond motifs is 1. The molecule has 4 nitrogen and oxygen atoms in total. The van der Waals surface area contributed by atoms with Crippen LogP contribution in [0.15, 0.2) is 16.7 Å². The molecule has 1 N–H and O–H groups in total. The van der Waals surface area contributed by atoms with Gasteiger partial charge in [0.2, 0.25) is 0 Å². The summed E-state index contributed by atoms with van der Waals surface area (Å²) >= 11 is 7.30. The molecule has 1 aliphatic heterocycles. The second-order valence-electron chi connectivity index (χ2n) is 3.09. The number of halogens is 1. The minimum Gasteiger partial charge on any atom is -0.477 e. The molecule has 2 rings (SSSR count). The number of carbonyl (C=O) groups excluding carboxylic acids is 1. The summed E-state index contributed by atoms with van der Waals surface area (Å²) in [5, 5.41) is 2.70. The number of aromatic nitrogens is 1. The molecule has 1 amide bonds. The van der Waals surface area contributed by atoms with E-state index in [4.69, 9.17) is 4.74 Å². The van der Waals surface area contributed by atoms with E-state index in [0.29, 0.717) is 28.3 Å². The molecule has 2 heterocycles. The fraction of sp³-hybridized carbons (Fsp3) is 0.333. The standard InChI is InChI=1S/C9H9BrN2O2S/c10-7-2-1-5-8(11-7)12-9(13)6(14-5)3-4-15/h1-2,6,15H,3-4H2,(H,11,12,13). The summed E-state index contributed by atoms with van der Waals surface area (Å²) < 4.78 is 6.16. The van der Waals surface area contributed by atoms with Crippen LogP contribution in [0.4, 0.5) is 5.82 Å². The predicted molar refractivity (Wildman–Crippen MR) is 63.5 cm³/mol. The van der Waals surface area contributed by atoms with E-state index < -0.39 is 6.10 Å². The van der Waals surface area contributed by atoms with Crippen LogP contribution in [0, 0.1) is 0 Å². The molecule has 6 heteroatoms. The molecule has 0 aromatic carbocycles. The van der Waals surface area contributed by atoms with Crippen molar-refractivity contribution in [3.05, 3.63) is 16.7 Å². The van der Waals surface area contributed by atoms with E-state index in [-0.39, 0.29) is 5.91 Å². The van der Waals surface area contributed by atoms with Crippen LogP contribution in [0.3, 0.4) is 0 Å². The van der Waals surface area contributed by atoms with Gasteiger partial charge in [-0.15, -0.1) is 0 Å². The first-order valence-corrected chi connectivity index (χ1v) is 5.88. The van der Waals surface area contributed by atoms with E-state index in [1.54, 1.807) is 12.1 Å². The molecule has 0 spiro atoms. The van der Waals surface area contributed by atoms with Crippen molar-refractivity contribution in [2.75, 3.05) is 11.1 Å². The lowest BCUT2D eigenvalue weighted by Crippen LogP contribution is -2.37. The highest BCUT2D eigenvalue weighted by Crippen LogP contribution is 2.29. The third kappa shape index (κ3) is 2.26. The van der Waals surface area contributed by atoms with Crippen molar-refractivity contribution >= 4 is 40.3 Å². The molecule has 0 saturated heterocycles. The van der Waals surface area contributed by atoms with Crippen LogP contribution in [0.1, 0.15) is 6.42 Å². The summed E-state index contributed by atoms with van der Waals surface area (Å²) in [7, 11) is 0. The Morgan fingerprint density at radius 1 is 1.60 bits per heavy atom. The van der Waals surface area contributed by atoms with Crippen molar-refractivity contribution in [1.82, 2.24) is 4.98 Å². The van der Waals surface area contributed by atoms with E-state index in [1.807, 2.05) is 0 Å². The maximum atomic E-state index is 11.5. The molecule has 1 aromatic rings. The summed E-state index contributed by atoms with van der Waals surface area (Å²) in [5.41, 5.74) is 0. The number of thiol groups is 1. The summed E-state index contributed by atoms with van der Waals surface area (Å²) in [5.74, 6) is 1.51. The lowest BCUT2D eigenvalue weighted by molar-refractivity contribution is -0.123. The fourth-order valence-corrected chi connectivity index (χ4v) is 1.86. The maximum absolute atomic E-state index is 11.5. The molecule has 15 heavy (non-hydrogen) atoms. The fourth-order valence-electron chi connectivity index (χ4n) is 1.32. The molecule has 0 bridgehead atoms. The van der Waals surface area contributed by atoms with Crippen molar-refractivity contribution in [3.63, 3.8) is 0 Å². The smallest absolute Gasteiger partial charge is 0.266 e. The lowest BCUT2D eigenvalue weighted by Gasteiger charge is -2.24. The van der Waals surface area contributed by atoms with Gasteiger partial charge in [-0.3, -0.25) is 4.79 Å². The Kier molecular flexibility index (Phi) is 3.16. The van der Waals surface area contributed by atoms with Crippen molar-refractivity contribution in [1.29, 1.82) is 0 Å². The van der Waals surface area contributed by atoms with E-state index in [2.05, 4.69) is 38.9 Å². The van der Waals surface area contributed by atoms with Gasteiger partial charge in [0.05, 0.1) is 0 Å². The highest BCUT2D eigenvalue weighted by Gasteiger charge is 2.27. The number of hydrogen-bond acceptors (Lipinski definition) is 4. The zero-order chi connectivity index (χ0) is 10.8. The molecule has 1 aromatic heterocycles. The van der Waals surface area contributed by atoms with Gasteiger partial charge in [-0.1, -0.05) is 0 Å². The minimum atomic E-state index is -0.460. The number of ether oxygens (including phenoxy) is 1. The molecule has 0 aliphatic carbocycles. The van der Waals surface area contributed by atoms with Crippen LogP contribution in [-0.2, 0) is 4.79 Å². The van der Waals surface area contributed by atoms with E-state index in [0.717, 1.165) is 0 Å². The minimum absolute atomic E-state index is 0.165. The van der Waals surface area contributed by atoms with E-state index >= 15 is 0 Å². The lowest BCUT2D eigenvalue weighted by atomic mass is 10.2. The van der Waals surface area contributed by atoms with Crippen molar-refractivity contribution in [2.45, 2.75) is 12.5 Å². The summed E-state index contributed by atoms with van der Waals surface area (Å²) in [4.78, 5) is 15.6. The van der Waals surface area contributed by atoms with Gasteiger partial charge in [0.15, 0.2) is 17.7 Å². The number of carbonyl (C=O) groups is 1. The topological polar surface area (TPSA) is 51.2 Å². The molecular formula is C9H9BrN2O2S. The van der Waals surface area contributed by atoms with Gasteiger partial charge in [-0.05, 0) is 33.8 Å². The first-order valence-electron chi connectivity index (χ1n) is 4.45. The Morgan fingerprint density at radius 2 is 2.40 bits per heavy atom. The zero-order valence-corrected chi connectivity index (χ0v) is 10.2. The van der Waals surface area contributed by atoms with Crippen LogP contribution in [0.5, 0.6) is 5.75 Å². The number of rotatable bonds is 2. The Morgan fingerprint density at radius 3 is 3.13 bits per heavy atom. The SMILES string of the molecule is O=C1Nc2nc(Br)ccc2OC1CCS. The average molecular weight is 289 g/mol. The number of nitrogens with zero attached hydrogens (tertiary/aromatic N) is 1. The first kappa shape index (κ1) is 10.8. The molecule has 0 saturated carbocycles. The van der Waals surface area contributed by atoms with Gasteiger partial charge in [0.25, 0.3) is 5.91 Å². The van der Waals surface area contributed by atoms with Gasteiger partial charge in [-0.2, -0.15) is 12.6 Å². The normalized spacial score (nSPS) is 19.1. The van der Waals surface area contributed by atoms with Crippen LogP contribution in [0.2, 0.25) is 0 Å². The van der Waals surface area contributed by atoms with Gasteiger partial charge >= 0.3 is 0 Å². The zero-order valence-electron chi connectivity index (χ0n) is 7.74. The van der Waals surface area contributed by atoms with E-state index in [9.17, 15) is 4.79 Å². The maximum Gasteiger partial charge on any atom is 0.266 e. The van der Waals surface area contributed by atoms with Crippen molar-refractivity contribution in [2.24, 2.45) is 0 Å². The van der Waals surface area contributed by atoms with Gasteiger partial charge in [0, 0.05) is 6.42 Å². The molecule has 0 radical (unpaired) electrons. The first-order chi connectivity index (χ1) is 7.20. The third-order valence-corrected chi connectivity index (χ3v) is 2.72. The Labute approximate surface area is 101 Å². The van der Waals surface area contributed by atoms with Crippen LogP contribution in [-0.4, -0.2) is 22.7 Å². The second kappa shape index (κ2) is 4.40. The summed E-state index contributed by atoms with van der Waals surface area (Å²) in [6.45, 7) is 0. The molecule has 1 atom stereocenters. The van der Waals surface area contributed by atoms with E-state index in [1.165, 1.54) is 0 Å². The summed E-state index contributed by atoms with van der Waals surface area (Å²) in [6.07, 6.45) is 0.128. The third-order valence-electron chi connectivity index (χ3n) is 2.02. The molecule has 1 unspecified atom stereocenters. The van der Waals surface area contributed by atoms with Crippen LogP contribution < -0.4 is 10.1 Å².